The third-order valence-corrected chi connectivity index (χ3v) is 2.82. The highest BCUT2D eigenvalue weighted by Crippen LogP contribution is 2.24. The second-order valence-corrected chi connectivity index (χ2v) is 4.00. The van der Waals surface area contributed by atoms with Crippen LogP contribution in [-0.2, 0) is 4.79 Å². The number of ketones is 1. The molecule has 3 nitrogen and oxygen atoms in total. The first-order chi connectivity index (χ1) is 7.58. The molecule has 0 unspecified atom stereocenters. The largest absolute Gasteiger partial charge is 0.355 e. The van der Waals surface area contributed by atoms with Crippen LogP contribution in [0.15, 0.2) is 18.2 Å². The summed E-state index contributed by atoms with van der Waals surface area (Å²) in [6, 6.07) is 4.54. The first kappa shape index (κ1) is 10.8. The molecule has 0 aromatic heterocycles. The van der Waals surface area contributed by atoms with Gasteiger partial charge in [-0.3, -0.25) is 9.59 Å². The molecule has 0 bridgehead atoms. The number of carbonyl (C=O) groups is 2. The fourth-order valence-electron chi connectivity index (χ4n) is 1.91. The minimum atomic E-state index is -0.510. The average Bonchev–Trinajstić information content (AvgIpc) is 2.64. The number of benzene rings is 1. The summed E-state index contributed by atoms with van der Waals surface area (Å²) in [7, 11) is 0. The Balaban J connectivity index is 2.27. The number of rotatable bonds is 2. The van der Waals surface area contributed by atoms with Gasteiger partial charge < -0.3 is 5.32 Å². The molecule has 1 heterocycles. The molecule has 84 valence electrons. The third kappa shape index (κ3) is 1.96. The molecule has 1 fully saturated rings. The van der Waals surface area contributed by atoms with Gasteiger partial charge in [0.25, 0.3) is 0 Å². The Labute approximate surface area is 92.7 Å². The monoisotopic (exact) mass is 221 g/mol. The summed E-state index contributed by atoms with van der Waals surface area (Å²) in [5.41, 5.74) is 0.863. The Bertz CT molecular complexity index is 456. The summed E-state index contributed by atoms with van der Waals surface area (Å²) in [6.07, 6.45) is 0.388. The van der Waals surface area contributed by atoms with E-state index in [-0.39, 0.29) is 23.2 Å². The van der Waals surface area contributed by atoms with Crippen LogP contribution in [0, 0.1) is 5.82 Å². The molecule has 1 aromatic rings. The van der Waals surface area contributed by atoms with Crippen LogP contribution in [0.3, 0.4) is 0 Å². The van der Waals surface area contributed by atoms with Gasteiger partial charge in [-0.15, -0.1) is 0 Å². The van der Waals surface area contributed by atoms with Crippen LogP contribution in [0.4, 0.5) is 4.39 Å². The zero-order valence-corrected chi connectivity index (χ0v) is 8.92. The van der Waals surface area contributed by atoms with Crippen molar-refractivity contribution < 1.29 is 14.0 Å². The molecule has 1 aromatic carbocycles. The predicted octanol–water partition coefficient (Wildman–Crippen LogP) is 1.63. The van der Waals surface area contributed by atoms with Gasteiger partial charge in [0.05, 0.1) is 5.56 Å². The van der Waals surface area contributed by atoms with Crippen LogP contribution in [0.5, 0.6) is 0 Å². The lowest BCUT2D eigenvalue weighted by Crippen LogP contribution is -2.13. The molecule has 2 rings (SSSR count). The van der Waals surface area contributed by atoms with E-state index in [0.29, 0.717) is 13.0 Å². The Morgan fingerprint density at radius 3 is 2.75 bits per heavy atom. The number of nitrogens with one attached hydrogen (secondary N) is 1. The van der Waals surface area contributed by atoms with Gasteiger partial charge in [-0.1, -0.05) is 6.07 Å². The molecule has 0 saturated carbocycles. The van der Waals surface area contributed by atoms with Crippen molar-refractivity contribution in [3.05, 3.63) is 35.1 Å². The topological polar surface area (TPSA) is 46.2 Å². The van der Waals surface area contributed by atoms with Crippen LogP contribution in [0.25, 0.3) is 0 Å². The fraction of sp³-hybridized carbons (Fsp3) is 0.333. The van der Waals surface area contributed by atoms with Gasteiger partial charge in [-0.25, -0.2) is 4.39 Å². The van der Waals surface area contributed by atoms with Crippen molar-refractivity contribution in [1.29, 1.82) is 0 Å². The van der Waals surface area contributed by atoms with Crippen molar-refractivity contribution >= 4 is 11.7 Å². The Kier molecular flexibility index (Phi) is 2.73. The maximum Gasteiger partial charge on any atom is 0.220 e. The van der Waals surface area contributed by atoms with Gasteiger partial charge in [0, 0.05) is 18.9 Å². The van der Waals surface area contributed by atoms with E-state index in [9.17, 15) is 14.0 Å². The highest BCUT2D eigenvalue weighted by atomic mass is 19.1. The number of amides is 1. The SMILES string of the molecule is CC(=O)c1ccc([C@H]2CNC(=O)C2)cc1F. The van der Waals surface area contributed by atoms with E-state index < -0.39 is 5.82 Å². The van der Waals surface area contributed by atoms with Crippen molar-refractivity contribution in [3.8, 4) is 0 Å². The van der Waals surface area contributed by atoms with E-state index in [4.69, 9.17) is 0 Å². The van der Waals surface area contributed by atoms with Crippen molar-refractivity contribution in [2.24, 2.45) is 0 Å². The van der Waals surface area contributed by atoms with Gasteiger partial charge >= 0.3 is 0 Å². The quantitative estimate of drug-likeness (QED) is 0.771. The molecule has 1 N–H and O–H groups in total. The summed E-state index contributed by atoms with van der Waals surface area (Å²) in [4.78, 5) is 22.1. The first-order valence-electron chi connectivity index (χ1n) is 5.15. The van der Waals surface area contributed by atoms with E-state index in [0.717, 1.165) is 5.56 Å². The van der Waals surface area contributed by atoms with Crippen molar-refractivity contribution in [3.63, 3.8) is 0 Å². The molecule has 0 spiro atoms. The number of halogens is 1. The molecule has 0 radical (unpaired) electrons. The molecular formula is C12H12FNO2. The van der Waals surface area contributed by atoms with Gasteiger partial charge in [0.1, 0.15) is 5.82 Å². The number of hydrogen-bond donors (Lipinski definition) is 1. The lowest BCUT2D eigenvalue weighted by molar-refractivity contribution is -0.119. The number of Topliss-reactive ketones (excluding diaryl/α,β-unsaturated/α-hetero) is 1. The van der Waals surface area contributed by atoms with E-state index in [1.165, 1.54) is 19.1 Å². The summed E-state index contributed by atoms with van der Waals surface area (Å²) in [6.45, 7) is 1.87. The van der Waals surface area contributed by atoms with E-state index >= 15 is 0 Å². The molecular weight excluding hydrogens is 209 g/mol. The van der Waals surface area contributed by atoms with Gasteiger partial charge in [0.2, 0.25) is 5.91 Å². The van der Waals surface area contributed by atoms with Gasteiger partial charge in [0.15, 0.2) is 5.78 Å². The molecule has 1 aliphatic rings. The van der Waals surface area contributed by atoms with Crippen molar-refractivity contribution in [1.82, 2.24) is 5.32 Å². The van der Waals surface area contributed by atoms with Crippen LogP contribution in [0.1, 0.15) is 35.2 Å². The van der Waals surface area contributed by atoms with E-state index in [1.54, 1.807) is 6.07 Å². The first-order valence-corrected chi connectivity index (χ1v) is 5.15. The predicted molar refractivity (Wildman–Crippen MR) is 56.8 cm³/mol. The lowest BCUT2D eigenvalue weighted by atomic mass is 9.96. The van der Waals surface area contributed by atoms with Crippen LogP contribution in [0.2, 0.25) is 0 Å². The summed E-state index contributed by atoms with van der Waals surface area (Å²) < 4.78 is 13.5. The zero-order valence-electron chi connectivity index (χ0n) is 8.92. The molecule has 16 heavy (non-hydrogen) atoms. The average molecular weight is 221 g/mol. The van der Waals surface area contributed by atoms with E-state index in [1.807, 2.05) is 0 Å². The fourth-order valence-corrected chi connectivity index (χ4v) is 1.91. The number of carbonyl (C=O) groups excluding carboxylic acids is 2. The molecule has 1 saturated heterocycles. The zero-order chi connectivity index (χ0) is 11.7. The van der Waals surface area contributed by atoms with Crippen LogP contribution >= 0.6 is 0 Å². The molecule has 0 aliphatic carbocycles. The normalized spacial score (nSPS) is 19.6. The summed E-state index contributed by atoms with van der Waals surface area (Å²) in [5, 5.41) is 2.70. The molecule has 4 heteroatoms. The molecule has 1 amide bonds. The van der Waals surface area contributed by atoms with Crippen LogP contribution in [-0.4, -0.2) is 18.2 Å². The van der Waals surface area contributed by atoms with Crippen molar-refractivity contribution in [2.45, 2.75) is 19.3 Å². The highest BCUT2D eigenvalue weighted by molar-refractivity contribution is 5.94. The second kappa shape index (κ2) is 4.04. The molecule has 1 aliphatic heterocycles. The Hall–Kier alpha value is -1.71. The maximum atomic E-state index is 13.5. The summed E-state index contributed by atoms with van der Waals surface area (Å²) in [5.74, 6) is -0.793. The molecule has 1 atom stereocenters. The maximum absolute atomic E-state index is 13.5. The van der Waals surface area contributed by atoms with E-state index in [2.05, 4.69) is 5.32 Å². The third-order valence-electron chi connectivity index (χ3n) is 2.82. The van der Waals surface area contributed by atoms with Gasteiger partial charge in [-0.2, -0.15) is 0 Å². The van der Waals surface area contributed by atoms with Crippen molar-refractivity contribution in [2.75, 3.05) is 6.54 Å². The Morgan fingerprint density at radius 2 is 2.25 bits per heavy atom. The smallest absolute Gasteiger partial charge is 0.220 e. The lowest BCUT2D eigenvalue weighted by Gasteiger charge is -2.08. The van der Waals surface area contributed by atoms with Gasteiger partial charge in [-0.05, 0) is 24.6 Å². The standard InChI is InChI=1S/C12H12FNO2/c1-7(15)10-3-2-8(4-11(10)13)9-5-12(16)14-6-9/h2-4,9H,5-6H2,1H3,(H,14,16)/t9-/m1/s1. The minimum Gasteiger partial charge on any atom is -0.355 e. The highest BCUT2D eigenvalue weighted by Gasteiger charge is 2.23. The van der Waals surface area contributed by atoms with Crippen LogP contribution < -0.4 is 5.32 Å². The minimum absolute atomic E-state index is 0.0129. The second-order valence-electron chi connectivity index (χ2n) is 4.00. The summed E-state index contributed by atoms with van der Waals surface area (Å²) >= 11 is 0. The Morgan fingerprint density at radius 1 is 1.50 bits per heavy atom. The number of hydrogen-bond acceptors (Lipinski definition) is 2.